The molecule has 1 unspecified atom stereocenters. The van der Waals surface area contributed by atoms with E-state index in [2.05, 4.69) is 6.58 Å². The van der Waals surface area contributed by atoms with Gasteiger partial charge in [0.25, 0.3) is 0 Å². The summed E-state index contributed by atoms with van der Waals surface area (Å²) in [5.41, 5.74) is 1.37. The summed E-state index contributed by atoms with van der Waals surface area (Å²) in [5, 5.41) is 0. The number of hydrogen-bond donors (Lipinski definition) is 0. The standard InChI is InChI=1S/C18H16O5/c1-3-12-8-10-13(11-9-12)17(19)21-14-6-5-7-15-16(14)23-18(22-15)20-4-2/h3,5-11,18H,1,4H2,2H3. The Bertz CT molecular complexity index is 721. The predicted molar refractivity (Wildman–Crippen MR) is 84.6 cm³/mol. The summed E-state index contributed by atoms with van der Waals surface area (Å²) in [5.74, 6) is 0.665. The van der Waals surface area contributed by atoms with E-state index in [4.69, 9.17) is 18.9 Å². The van der Waals surface area contributed by atoms with Crippen molar-refractivity contribution >= 4 is 12.0 Å². The van der Waals surface area contributed by atoms with Crippen molar-refractivity contribution in [2.24, 2.45) is 0 Å². The number of para-hydroxylation sites is 1. The van der Waals surface area contributed by atoms with Gasteiger partial charge in [-0.25, -0.2) is 4.79 Å². The molecule has 0 bridgehead atoms. The number of esters is 1. The van der Waals surface area contributed by atoms with Crippen LogP contribution in [0.4, 0.5) is 0 Å². The van der Waals surface area contributed by atoms with Gasteiger partial charge < -0.3 is 18.9 Å². The van der Waals surface area contributed by atoms with Crippen LogP contribution in [0.2, 0.25) is 0 Å². The molecule has 5 heteroatoms. The third-order valence-electron chi connectivity index (χ3n) is 3.27. The topological polar surface area (TPSA) is 54.0 Å². The highest BCUT2D eigenvalue weighted by Crippen LogP contribution is 2.42. The van der Waals surface area contributed by atoms with Gasteiger partial charge in [0.05, 0.1) is 12.2 Å². The van der Waals surface area contributed by atoms with Crippen molar-refractivity contribution in [3.05, 3.63) is 60.2 Å². The molecule has 2 aromatic rings. The largest absolute Gasteiger partial charge is 0.428 e. The first-order chi connectivity index (χ1) is 11.2. The molecule has 0 spiro atoms. The highest BCUT2D eigenvalue weighted by Gasteiger charge is 2.28. The minimum absolute atomic E-state index is 0.294. The number of ether oxygens (including phenoxy) is 4. The number of hydrogen-bond acceptors (Lipinski definition) is 5. The van der Waals surface area contributed by atoms with Crippen LogP contribution in [0.15, 0.2) is 49.0 Å². The lowest BCUT2D eigenvalue weighted by Gasteiger charge is -2.09. The molecule has 1 aliphatic rings. The fraction of sp³-hybridized carbons (Fsp3) is 0.167. The van der Waals surface area contributed by atoms with Crippen LogP contribution < -0.4 is 14.2 Å². The number of rotatable bonds is 5. The zero-order chi connectivity index (χ0) is 16.2. The fourth-order valence-corrected chi connectivity index (χ4v) is 2.13. The van der Waals surface area contributed by atoms with Gasteiger partial charge in [-0.05, 0) is 36.8 Å². The second kappa shape index (κ2) is 6.54. The second-order valence-electron chi connectivity index (χ2n) is 4.78. The van der Waals surface area contributed by atoms with Gasteiger partial charge in [0.2, 0.25) is 5.75 Å². The first kappa shape index (κ1) is 15.1. The number of carbonyl (C=O) groups is 1. The number of carbonyl (C=O) groups excluding carboxylic acids is 1. The fourth-order valence-electron chi connectivity index (χ4n) is 2.13. The van der Waals surface area contributed by atoms with E-state index in [0.717, 1.165) is 5.56 Å². The van der Waals surface area contributed by atoms with E-state index in [0.29, 0.717) is 29.4 Å². The Kier molecular flexibility index (Phi) is 4.30. The van der Waals surface area contributed by atoms with E-state index in [-0.39, 0.29) is 0 Å². The minimum Gasteiger partial charge on any atom is -0.428 e. The van der Waals surface area contributed by atoms with E-state index < -0.39 is 12.4 Å². The van der Waals surface area contributed by atoms with E-state index >= 15 is 0 Å². The van der Waals surface area contributed by atoms with E-state index in [1.807, 2.05) is 6.92 Å². The van der Waals surface area contributed by atoms with Crippen molar-refractivity contribution in [3.8, 4) is 17.2 Å². The van der Waals surface area contributed by atoms with Gasteiger partial charge >= 0.3 is 12.4 Å². The zero-order valence-corrected chi connectivity index (χ0v) is 12.7. The molecule has 118 valence electrons. The average molecular weight is 312 g/mol. The van der Waals surface area contributed by atoms with Crippen molar-refractivity contribution in [1.82, 2.24) is 0 Å². The molecule has 0 N–H and O–H groups in total. The Hall–Kier alpha value is -2.79. The SMILES string of the molecule is C=Cc1ccc(C(=O)Oc2cccc3c2OC(OCC)O3)cc1. The minimum atomic E-state index is -0.818. The van der Waals surface area contributed by atoms with Crippen LogP contribution in [0.25, 0.3) is 6.08 Å². The molecule has 0 saturated heterocycles. The molecule has 0 aliphatic carbocycles. The molecule has 1 aliphatic heterocycles. The Labute approximate surface area is 134 Å². The predicted octanol–water partition coefficient (Wildman–Crippen LogP) is 3.64. The Morgan fingerprint density at radius 1 is 1.22 bits per heavy atom. The third-order valence-corrected chi connectivity index (χ3v) is 3.27. The highest BCUT2D eigenvalue weighted by atomic mass is 16.9. The summed E-state index contributed by atoms with van der Waals surface area (Å²) in [7, 11) is 0. The third kappa shape index (κ3) is 3.19. The summed E-state index contributed by atoms with van der Waals surface area (Å²) in [6, 6.07) is 12.1. The lowest BCUT2D eigenvalue weighted by atomic mass is 10.1. The molecule has 1 heterocycles. The first-order valence-electron chi connectivity index (χ1n) is 7.24. The highest BCUT2D eigenvalue weighted by molar-refractivity contribution is 5.91. The van der Waals surface area contributed by atoms with Gasteiger partial charge in [-0.15, -0.1) is 0 Å². The second-order valence-corrected chi connectivity index (χ2v) is 4.78. The van der Waals surface area contributed by atoms with Gasteiger partial charge in [0.15, 0.2) is 11.5 Å². The quantitative estimate of drug-likeness (QED) is 0.623. The molecule has 3 rings (SSSR count). The molecule has 5 nitrogen and oxygen atoms in total. The van der Waals surface area contributed by atoms with Crippen molar-refractivity contribution < 1.29 is 23.7 Å². The van der Waals surface area contributed by atoms with Crippen LogP contribution in [0, 0.1) is 0 Å². The Morgan fingerprint density at radius 2 is 2.00 bits per heavy atom. The number of benzene rings is 2. The van der Waals surface area contributed by atoms with Crippen molar-refractivity contribution in [1.29, 1.82) is 0 Å². The maximum atomic E-state index is 12.2. The molecule has 0 fully saturated rings. The summed E-state index contributed by atoms with van der Waals surface area (Å²) >= 11 is 0. The van der Waals surface area contributed by atoms with Gasteiger partial charge in [0, 0.05) is 0 Å². The van der Waals surface area contributed by atoms with Crippen molar-refractivity contribution in [2.75, 3.05) is 6.61 Å². The van der Waals surface area contributed by atoms with E-state index in [9.17, 15) is 4.79 Å². The van der Waals surface area contributed by atoms with Crippen molar-refractivity contribution in [3.63, 3.8) is 0 Å². The molecule has 2 aromatic carbocycles. The lowest BCUT2D eigenvalue weighted by Crippen LogP contribution is -2.21. The van der Waals surface area contributed by atoms with Crippen LogP contribution >= 0.6 is 0 Å². The van der Waals surface area contributed by atoms with Crippen LogP contribution in [0.5, 0.6) is 17.2 Å². The summed E-state index contributed by atoms with van der Waals surface area (Å²) < 4.78 is 21.7. The lowest BCUT2D eigenvalue weighted by molar-refractivity contribution is -0.173. The Morgan fingerprint density at radius 3 is 2.70 bits per heavy atom. The maximum absolute atomic E-state index is 12.2. The molecule has 23 heavy (non-hydrogen) atoms. The normalized spacial score (nSPS) is 15.3. The zero-order valence-electron chi connectivity index (χ0n) is 12.7. The molecular weight excluding hydrogens is 296 g/mol. The smallest absolute Gasteiger partial charge is 0.361 e. The molecule has 0 radical (unpaired) electrons. The van der Waals surface area contributed by atoms with Gasteiger partial charge in [-0.3, -0.25) is 0 Å². The van der Waals surface area contributed by atoms with Gasteiger partial charge in [0.1, 0.15) is 0 Å². The van der Waals surface area contributed by atoms with Crippen LogP contribution in [0.1, 0.15) is 22.8 Å². The van der Waals surface area contributed by atoms with Crippen molar-refractivity contribution in [2.45, 2.75) is 13.4 Å². The Balaban J connectivity index is 1.77. The van der Waals surface area contributed by atoms with E-state index in [1.54, 1.807) is 48.5 Å². The van der Waals surface area contributed by atoms with Crippen LogP contribution in [0.3, 0.4) is 0 Å². The molecule has 0 aromatic heterocycles. The first-order valence-corrected chi connectivity index (χ1v) is 7.24. The summed E-state index contributed by atoms with van der Waals surface area (Å²) in [4.78, 5) is 12.2. The average Bonchev–Trinajstić information content (AvgIpc) is 2.99. The maximum Gasteiger partial charge on any atom is 0.361 e. The van der Waals surface area contributed by atoms with Crippen LogP contribution in [-0.2, 0) is 4.74 Å². The summed E-state index contributed by atoms with van der Waals surface area (Å²) in [6.45, 7) is 5.14. The molecule has 1 atom stereocenters. The monoisotopic (exact) mass is 312 g/mol. The van der Waals surface area contributed by atoms with Crippen LogP contribution in [-0.4, -0.2) is 19.1 Å². The molecular formula is C18H16O5. The summed E-state index contributed by atoms with van der Waals surface area (Å²) in [6.07, 6.45) is 1.71. The van der Waals surface area contributed by atoms with Gasteiger partial charge in [-0.2, -0.15) is 0 Å². The van der Waals surface area contributed by atoms with E-state index in [1.165, 1.54) is 0 Å². The molecule has 0 amide bonds. The number of fused-ring (bicyclic) bond motifs is 1. The van der Waals surface area contributed by atoms with Gasteiger partial charge in [-0.1, -0.05) is 30.9 Å². The molecule has 0 saturated carbocycles.